The van der Waals surface area contributed by atoms with Crippen LogP contribution < -0.4 is 15.7 Å². The molecule has 0 radical (unpaired) electrons. The molecule has 4 rings (SSSR count). The Morgan fingerprint density at radius 3 is 2.67 bits per heavy atom. The summed E-state index contributed by atoms with van der Waals surface area (Å²) < 4.78 is 16.2. The number of hydrogen-bond donors (Lipinski definition) is 1. The van der Waals surface area contributed by atoms with Crippen molar-refractivity contribution in [1.29, 1.82) is 0 Å². The number of nitrogens with one attached hydrogen (secondary N) is 1. The molecular weight excluding hydrogens is 422 g/mol. The fourth-order valence-electron chi connectivity index (χ4n) is 4.08. The van der Waals surface area contributed by atoms with Gasteiger partial charge >= 0.3 is 17.7 Å². The van der Waals surface area contributed by atoms with Crippen molar-refractivity contribution in [3.05, 3.63) is 75.6 Å². The quantitative estimate of drug-likeness (QED) is 0.305. The Balaban J connectivity index is 1.44. The molecule has 0 bridgehead atoms. The standard InChI is InChI=1S/C26H27NO6/c1-2-3-12-22(27-26(30)31-16-17-8-5-4-6-9-17)25(29)32-18-13-14-20-19-10-7-11-21(19)24(28)33-23(20)15-18/h4-6,8-9,13-15,22H,2-3,7,10-12,16H2,1H3,(H,27,30). The smallest absolute Gasteiger partial charge is 0.408 e. The van der Waals surface area contributed by atoms with E-state index in [0.29, 0.717) is 12.0 Å². The van der Waals surface area contributed by atoms with Crippen molar-refractivity contribution >= 4 is 23.0 Å². The second kappa shape index (κ2) is 10.3. The van der Waals surface area contributed by atoms with Gasteiger partial charge in [-0.05, 0) is 48.9 Å². The molecule has 1 atom stereocenters. The number of alkyl carbamates (subject to hydrolysis) is 1. The maximum Gasteiger partial charge on any atom is 0.408 e. The van der Waals surface area contributed by atoms with Crippen LogP contribution in [0.2, 0.25) is 0 Å². The molecule has 0 fully saturated rings. The van der Waals surface area contributed by atoms with E-state index in [2.05, 4.69) is 5.32 Å². The van der Waals surface area contributed by atoms with Gasteiger partial charge in [0.2, 0.25) is 0 Å². The van der Waals surface area contributed by atoms with Gasteiger partial charge in [0.15, 0.2) is 0 Å². The molecule has 0 saturated carbocycles. The number of hydrogen-bond acceptors (Lipinski definition) is 6. The maximum absolute atomic E-state index is 12.8. The van der Waals surface area contributed by atoms with Crippen molar-refractivity contribution in [3.8, 4) is 5.75 Å². The van der Waals surface area contributed by atoms with Gasteiger partial charge in [0.05, 0.1) is 0 Å². The predicted molar refractivity (Wildman–Crippen MR) is 123 cm³/mol. The minimum atomic E-state index is -0.851. The average molecular weight is 450 g/mol. The molecule has 172 valence electrons. The molecule has 33 heavy (non-hydrogen) atoms. The SMILES string of the molecule is CCCCC(NC(=O)OCc1ccccc1)C(=O)Oc1ccc2c3c(c(=O)oc2c1)CCC3. The van der Waals surface area contributed by atoms with Crippen LogP contribution in [0.25, 0.3) is 11.0 Å². The number of fused-ring (bicyclic) bond motifs is 3. The van der Waals surface area contributed by atoms with E-state index < -0.39 is 18.1 Å². The second-order valence-electron chi connectivity index (χ2n) is 8.18. The van der Waals surface area contributed by atoms with Crippen molar-refractivity contribution in [2.75, 3.05) is 0 Å². The van der Waals surface area contributed by atoms with Crippen LogP contribution >= 0.6 is 0 Å². The first kappa shape index (κ1) is 22.6. The minimum Gasteiger partial charge on any atom is -0.445 e. The highest BCUT2D eigenvalue weighted by Gasteiger charge is 2.24. The molecule has 1 unspecified atom stereocenters. The van der Waals surface area contributed by atoms with Gasteiger partial charge in [0, 0.05) is 17.0 Å². The van der Waals surface area contributed by atoms with Crippen LogP contribution in [0, 0.1) is 0 Å². The number of rotatable bonds is 8. The number of carbonyl (C=O) groups is 2. The van der Waals surface area contributed by atoms with Crippen molar-refractivity contribution in [1.82, 2.24) is 5.32 Å². The third kappa shape index (κ3) is 5.42. The summed E-state index contributed by atoms with van der Waals surface area (Å²) in [5.41, 5.74) is 2.67. The molecule has 1 amide bonds. The number of unbranched alkanes of at least 4 members (excludes halogenated alkanes) is 1. The number of esters is 1. The van der Waals surface area contributed by atoms with Gasteiger partial charge in [0.1, 0.15) is 24.0 Å². The average Bonchev–Trinajstić information content (AvgIpc) is 3.32. The molecular formula is C26H27NO6. The normalized spacial score (nSPS) is 13.4. The van der Waals surface area contributed by atoms with E-state index in [1.54, 1.807) is 12.1 Å². The van der Waals surface area contributed by atoms with Crippen LogP contribution in [0.15, 0.2) is 57.7 Å². The van der Waals surface area contributed by atoms with Crippen LogP contribution in [0.3, 0.4) is 0 Å². The van der Waals surface area contributed by atoms with Crippen LogP contribution in [-0.2, 0) is 29.0 Å². The van der Waals surface area contributed by atoms with Gasteiger partial charge in [-0.15, -0.1) is 0 Å². The summed E-state index contributed by atoms with van der Waals surface area (Å²) in [5, 5.41) is 3.48. The maximum atomic E-state index is 12.8. The predicted octanol–water partition coefficient (Wildman–Crippen LogP) is 4.67. The van der Waals surface area contributed by atoms with Gasteiger partial charge in [-0.2, -0.15) is 0 Å². The Morgan fingerprint density at radius 1 is 1.09 bits per heavy atom. The topological polar surface area (TPSA) is 94.8 Å². The third-order valence-electron chi connectivity index (χ3n) is 5.80. The van der Waals surface area contributed by atoms with E-state index in [1.165, 1.54) is 0 Å². The van der Waals surface area contributed by atoms with Crippen LogP contribution in [0.5, 0.6) is 5.75 Å². The van der Waals surface area contributed by atoms with Crippen molar-refractivity contribution < 1.29 is 23.5 Å². The number of amides is 1. The minimum absolute atomic E-state index is 0.107. The number of carbonyl (C=O) groups excluding carboxylic acids is 2. The summed E-state index contributed by atoms with van der Waals surface area (Å²) in [7, 11) is 0. The summed E-state index contributed by atoms with van der Waals surface area (Å²) in [4.78, 5) is 37.3. The van der Waals surface area contributed by atoms with Gasteiger partial charge in [-0.1, -0.05) is 50.1 Å². The number of ether oxygens (including phenoxy) is 2. The Morgan fingerprint density at radius 2 is 1.88 bits per heavy atom. The zero-order chi connectivity index (χ0) is 23.2. The van der Waals surface area contributed by atoms with Crippen LogP contribution in [0.4, 0.5) is 4.79 Å². The van der Waals surface area contributed by atoms with E-state index in [9.17, 15) is 14.4 Å². The van der Waals surface area contributed by atoms with E-state index in [4.69, 9.17) is 13.9 Å². The van der Waals surface area contributed by atoms with Gasteiger partial charge in [-0.25, -0.2) is 14.4 Å². The summed E-state index contributed by atoms with van der Waals surface area (Å²) >= 11 is 0. The Bertz CT molecular complexity index is 1200. The van der Waals surface area contributed by atoms with Crippen LogP contribution in [-0.4, -0.2) is 18.1 Å². The van der Waals surface area contributed by atoms with E-state index in [-0.39, 0.29) is 18.0 Å². The molecule has 7 heteroatoms. The lowest BCUT2D eigenvalue weighted by atomic mass is 10.1. The lowest BCUT2D eigenvalue weighted by Gasteiger charge is -2.17. The van der Waals surface area contributed by atoms with E-state index in [0.717, 1.165) is 54.2 Å². The first-order valence-corrected chi connectivity index (χ1v) is 11.3. The molecule has 2 aromatic carbocycles. The Labute approximate surface area is 191 Å². The molecule has 1 aliphatic carbocycles. The number of benzene rings is 2. The molecule has 0 saturated heterocycles. The summed E-state index contributed by atoms with van der Waals surface area (Å²) in [5.74, 6) is -0.336. The molecule has 1 heterocycles. The van der Waals surface area contributed by atoms with Crippen molar-refractivity contribution in [3.63, 3.8) is 0 Å². The summed E-state index contributed by atoms with van der Waals surface area (Å²) in [6, 6.07) is 13.5. The summed E-state index contributed by atoms with van der Waals surface area (Å²) in [6.45, 7) is 2.11. The first-order valence-electron chi connectivity index (χ1n) is 11.3. The van der Waals surface area contributed by atoms with Gasteiger partial charge in [-0.3, -0.25) is 0 Å². The van der Waals surface area contributed by atoms with E-state index >= 15 is 0 Å². The fraction of sp³-hybridized carbons (Fsp3) is 0.346. The Hall–Kier alpha value is -3.61. The molecule has 1 aliphatic rings. The monoisotopic (exact) mass is 449 g/mol. The molecule has 0 aliphatic heterocycles. The van der Waals surface area contributed by atoms with Gasteiger partial charge in [0.25, 0.3) is 0 Å². The second-order valence-corrected chi connectivity index (χ2v) is 8.18. The highest BCUT2D eigenvalue weighted by atomic mass is 16.6. The highest BCUT2D eigenvalue weighted by molar-refractivity contribution is 5.86. The highest BCUT2D eigenvalue weighted by Crippen LogP contribution is 2.29. The van der Waals surface area contributed by atoms with Gasteiger partial charge < -0.3 is 19.2 Å². The third-order valence-corrected chi connectivity index (χ3v) is 5.80. The molecule has 7 nitrogen and oxygen atoms in total. The molecule has 1 aromatic heterocycles. The molecule has 1 N–H and O–H groups in total. The molecule has 3 aromatic rings. The molecule has 0 spiro atoms. The van der Waals surface area contributed by atoms with E-state index in [1.807, 2.05) is 43.3 Å². The zero-order valence-corrected chi connectivity index (χ0v) is 18.6. The zero-order valence-electron chi connectivity index (χ0n) is 18.6. The largest absolute Gasteiger partial charge is 0.445 e. The fourth-order valence-corrected chi connectivity index (χ4v) is 4.08. The lowest BCUT2D eigenvalue weighted by Crippen LogP contribution is -2.43. The Kier molecular flexibility index (Phi) is 7.07. The number of aryl methyl sites for hydroxylation is 1. The first-order chi connectivity index (χ1) is 16.0. The summed E-state index contributed by atoms with van der Waals surface area (Å²) in [6.07, 6.45) is 3.83. The van der Waals surface area contributed by atoms with Crippen LogP contribution in [0.1, 0.15) is 49.3 Å². The van der Waals surface area contributed by atoms with Crippen molar-refractivity contribution in [2.45, 2.75) is 58.1 Å². The lowest BCUT2D eigenvalue weighted by molar-refractivity contribution is -0.136. The van der Waals surface area contributed by atoms with Crippen molar-refractivity contribution in [2.24, 2.45) is 0 Å².